The van der Waals surface area contributed by atoms with E-state index in [1.54, 1.807) is 16.7 Å². The number of aromatic nitrogens is 3. The molecule has 0 unspecified atom stereocenters. The lowest BCUT2D eigenvalue weighted by Crippen LogP contribution is -2.69. The fourth-order valence-electron chi connectivity index (χ4n) is 3.01. The molecule has 1 saturated heterocycles. The van der Waals surface area contributed by atoms with Crippen LogP contribution in [0.5, 0.6) is 0 Å². The molecular formula is C16H15N5O3S. The molecule has 0 aliphatic carbocycles. The Balaban J connectivity index is 1.68. The summed E-state index contributed by atoms with van der Waals surface area (Å²) in [4.78, 5) is 24.6. The van der Waals surface area contributed by atoms with Gasteiger partial charge in [-0.15, -0.1) is 16.3 Å². The van der Waals surface area contributed by atoms with Crippen molar-refractivity contribution in [3.8, 4) is 0 Å². The number of nitrogens with zero attached hydrogens (tertiary/aromatic N) is 4. The second-order valence-corrected chi connectivity index (χ2v) is 7.01. The van der Waals surface area contributed by atoms with Gasteiger partial charge >= 0.3 is 5.65 Å². The average Bonchev–Trinajstić information content (AvgIpc) is 2.98. The molecule has 2 aliphatic rings. The van der Waals surface area contributed by atoms with E-state index in [4.69, 9.17) is 5.73 Å². The third-order valence-electron chi connectivity index (χ3n) is 4.34. The minimum absolute atomic E-state index is 0.0971. The zero-order valence-electron chi connectivity index (χ0n) is 13.3. The van der Waals surface area contributed by atoms with E-state index < -0.39 is 12.0 Å². The molecule has 4 rings (SSSR count). The quantitative estimate of drug-likeness (QED) is 0.525. The predicted octanol–water partition coefficient (Wildman–Crippen LogP) is -1.58. The number of hydrogen-bond donors (Lipinski definition) is 1. The molecule has 2 aliphatic heterocycles. The zero-order chi connectivity index (χ0) is 17.7. The van der Waals surface area contributed by atoms with E-state index in [-0.39, 0.29) is 17.0 Å². The normalized spacial score (nSPS) is 23.3. The molecule has 0 bridgehead atoms. The smallest absolute Gasteiger partial charge is 0.306 e. The van der Waals surface area contributed by atoms with E-state index in [1.165, 1.54) is 16.7 Å². The number of nitrogens with two attached hydrogens (primary N) is 1. The van der Waals surface area contributed by atoms with Crippen molar-refractivity contribution in [1.82, 2.24) is 14.5 Å². The highest BCUT2D eigenvalue weighted by Crippen LogP contribution is 2.39. The maximum Gasteiger partial charge on any atom is 0.306 e. The first-order valence-corrected chi connectivity index (χ1v) is 8.69. The van der Waals surface area contributed by atoms with Gasteiger partial charge in [-0.1, -0.05) is 11.2 Å². The maximum absolute atomic E-state index is 11.9. The molecule has 0 saturated carbocycles. The molecule has 2 aromatic heterocycles. The van der Waals surface area contributed by atoms with Crippen LogP contribution in [-0.2, 0) is 16.6 Å². The Morgan fingerprint density at radius 2 is 2.28 bits per heavy atom. The van der Waals surface area contributed by atoms with Crippen LogP contribution in [0.3, 0.4) is 0 Å². The molecule has 0 radical (unpaired) electrons. The number of imidazole rings is 1. The monoisotopic (exact) mass is 357 g/mol. The van der Waals surface area contributed by atoms with Crippen molar-refractivity contribution < 1.29 is 19.3 Å². The summed E-state index contributed by atoms with van der Waals surface area (Å²) in [6, 6.07) is 3.11. The Hall–Kier alpha value is -2.65. The number of carbonyl (C=O) groups is 2. The highest BCUT2D eigenvalue weighted by atomic mass is 32.2. The van der Waals surface area contributed by atoms with Gasteiger partial charge in [0.15, 0.2) is 6.20 Å². The molecule has 1 amide bonds. The predicted molar refractivity (Wildman–Crippen MR) is 88.5 cm³/mol. The number of rotatable bonds is 3. The van der Waals surface area contributed by atoms with Gasteiger partial charge in [-0.2, -0.15) is 0 Å². The Morgan fingerprint density at radius 3 is 3.04 bits per heavy atom. The lowest BCUT2D eigenvalue weighted by molar-refractivity contribution is -0.644. The van der Waals surface area contributed by atoms with E-state index in [1.807, 2.05) is 36.1 Å². The summed E-state index contributed by atoms with van der Waals surface area (Å²) in [5, 5.41) is 15.6. The number of allylic oxidation sites excluding steroid dienone is 1. The van der Waals surface area contributed by atoms with Crippen LogP contribution < -0.4 is 15.4 Å². The number of carboxylic acids is 1. The highest BCUT2D eigenvalue weighted by molar-refractivity contribution is 8.00. The van der Waals surface area contributed by atoms with Gasteiger partial charge < -0.3 is 15.6 Å². The van der Waals surface area contributed by atoms with E-state index in [9.17, 15) is 14.7 Å². The Kier molecular flexibility index (Phi) is 3.62. The summed E-state index contributed by atoms with van der Waals surface area (Å²) >= 11 is 1.45. The molecule has 128 valence electrons. The number of β-lactam (4-membered cyclic amide) rings is 1. The van der Waals surface area contributed by atoms with Gasteiger partial charge in [0.25, 0.3) is 0 Å². The number of hydrogen-bond acceptors (Lipinski definition) is 6. The summed E-state index contributed by atoms with van der Waals surface area (Å²) < 4.78 is 3.67. The van der Waals surface area contributed by atoms with Gasteiger partial charge in [-0.05, 0) is 17.7 Å². The minimum atomic E-state index is -1.37. The van der Waals surface area contributed by atoms with Gasteiger partial charge in [-0.3, -0.25) is 9.69 Å². The number of amides is 1. The first-order valence-electron chi connectivity index (χ1n) is 7.64. The van der Waals surface area contributed by atoms with Crippen molar-refractivity contribution in [3.05, 3.63) is 47.6 Å². The summed E-state index contributed by atoms with van der Waals surface area (Å²) in [6.45, 7) is 0. The first-order chi connectivity index (χ1) is 12.0. The van der Waals surface area contributed by atoms with Crippen LogP contribution in [0, 0.1) is 0 Å². The molecule has 25 heavy (non-hydrogen) atoms. The highest BCUT2D eigenvalue weighted by Gasteiger charge is 2.49. The second kappa shape index (κ2) is 5.71. The van der Waals surface area contributed by atoms with Gasteiger partial charge in [0, 0.05) is 11.8 Å². The number of aryl methyl sites for hydroxylation is 1. The van der Waals surface area contributed by atoms with Crippen molar-refractivity contribution in [2.45, 2.75) is 11.4 Å². The van der Waals surface area contributed by atoms with Crippen LogP contribution in [0.15, 0.2) is 41.9 Å². The Bertz CT molecular complexity index is 964. The van der Waals surface area contributed by atoms with E-state index in [0.717, 1.165) is 5.65 Å². The van der Waals surface area contributed by atoms with E-state index in [0.29, 0.717) is 17.0 Å². The van der Waals surface area contributed by atoms with Crippen LogP contribution >= 0.6 is 11.8 Å². The Morgan fingerprint density at radius 1 is 1.48 bits per heavy atom. The molecule has 1 fully saturated rings. The molecule has 2 aromatic rings. The molecule has 0 aromatic carbocycles. The number of carbonyl (C=O) groups excluding carboxylic acids is 2. The van der Waals surface area contributed by atoms with Crippen molar-refractivity contribution in [2.24, 2.45) is 12.8 Å². The lowest BCUT2D eigenvalue weighted by atomic mass is 10.0. The summed E-state index contributed by atoms with van der Waals surface area (Å²) in [6.07, 6.45) is 7.12. The average molecular weight is 357 g/mol. The van der Waals surface area contributed by atoms with E-state index in [2.05, 4.69) is 5.10 Å². The van der Waals surface area contributed by atoms with Crippen molar-refractivity contribution in [1.29, 1.82) is 0 Å². The topological polar surface area (TPSA) is 108 Å². The van der Waals surface area contributed by atoms with Gasteiger partial charge in [-0.25, -0.2) is 4.57 Å². The second-order valence-electron chi connectivity index (χ2n) is 5.90. The molecule has 2 N–H and O–H groups in total. The van der Waals surface area contributed by atoms with Crippen molar-refractivity contribution >= 4 is 35.4 Å². The summed E-state index contributed by atoms with van der Waals surface area (Å²) in [7, 11) is 1.92. The van der Waals surface area contributed by atoms with Crippen molar-refractivity contribution in [3.63, 3.8) is 0 Å². The van der Waals surface area contributed by atoms with Gasteiger partial charge in [0.1, 0.15) is 23.3 Å². The Labute approximate surface area is 147 Å². The minimum Gasteiger partial charge on any atom is -0.543 e. The molecule has 8 nitrogen and oxygen atoms in total. The molecule has 0 spiro atoms. The van der Waals surface area contributed by atoms with Gasteiger partial charge in [0.05, 0.1) is 18.7 Å². The number of carboxylic acid groups (broad SMARTS) is 1. The van der Waals surface area contributed by atoms with Gasteiger partial charge in [0.2, 0.25) is 5.91 Å². The SMILES string of the molecule is C[n+]1ccn2nc(/C=C\C3=C(C(=O)[O-])N4C(=O)[C@@H](N)[C@H]4SC3)ccc21. The fourth-order valence-corrected chi connectivity index (χ4v) is 4.27. The molecular weight excluding hydrogens is 342 g/mol. The van der Waals surface area contributed by atoms with E-state index >= 15 is 0 Å². The first kappa shape index (κ1) is 15.9. The largest absolute Gasteiger partial charge is 0.543 e. The van der Waals surface area contributed by atoms with Crippen molar-refractivity contribution in [2.75, 3.05) is 5.75 Å². The lowest BCUT2D eigenvalue weighted by Gasteiger charge is -2.49. The standard InChI is InChI=1S/C16H15N5O3S/c1-19-6-7-20-11(19)5-4-10(18-20)3-2-9-8-25-15-12(17)14(22)21(15)13(9)16(23)24/h2-7,12,15H,8,17H2,1H3/b3-2-/t12-,15-/m1/s1. The van der Waals surface area contributed by atoms with Crippen LogP contribution in [0.4, 0.5) is 0 Å². The molecule has 4 heterocycles. The fraction of sp³-hybridized carbons (Fsp3) is 0.250. The number of fused-ring (bicyclic) bond motifs is 2. The summed E-state index contributed by atoms with van der Waals surface area (Å²) in [5.74, 6) is -1.31. The third-order valence-corrected chi connectivity index (χ3v) is 5.66. The summed E-state index contributed by atoms with van der Waals surface area (Å²) in [5.41, 5.74) is 7.75. The maximum atomic E-state index is 11.9. The number of aliphatic carboxylic acids is 1. The van der Waals surface area contributed by atoms with Crippen LogP contribution in [0.1, 0.15) is 5.69 Å². The third kappa shape index (κ3) is 2.43. The van der Waals surface area contributed by atoms with Crippen LogP contribution in [-0.4, -0.2) is 43.6 Å². The van der Waals surface area contributed by atoms with Crippen LogP contribution in [0.2, 0.25) is 0 Å². The molecule has 9 heteroatoms. The van der Waals surface area contributed by atoms with Crippen LogP contribution in [0.25, 0.3) is 11.7 Å². The number of thioether (sulfide) groups is 1. The molecule has 2 atom stereocenters. The zero-order valence-corrected chi connectivity index (χ0v) is 14.1.